The molecule has 0 unspecified atom stereocenters. The summed E-state index contributed by atoms with van der Waals surface area (Å²) >= 11 is 0. The molecule has 2 aromatic rings. The number of carbonyl (C=O) groups is 1. The lowest BCUT2D eigenvalue weighted by atomic mass is 9.93. The lowest BCUT2D eigenvalue weighted by molar-refractivity contribution is -0.128. The van der Waals surface area contributed by atoms with Crippen molar-refractivity contribution in [1.29, 1.82) is 0 Å². The zero-order valence-corrected chi connectivity index (χ0v) is 21.6. The van der Waals surface area contributed by atoms with E-state index in [1.165, 1.54) is 11.4 Å². The number of benzene rings is 2. The Kier molecular flexibility index (Phi) is 8.77. The van der Waals surface area contributed by atoms with E-state index in [0.717, 1.165) is 28.7 Å². The Morgan fingerprint density at radius 2 is 1.70 bits per heavy atom. The number of nitrogens with one attached hydrogen (secondary N) is 1. The first kappa shape index (κ1) is 26.5. The maximum absolute atomic E-state index is 13.0. The molecule has 0 aliphatic heterocycles. The molecule has 1 amide bonds. The van der Waals surface area contributed by atoms with Crippen molar-refractivity contribution in [3.05, 3.63) is 53.1 Å². The highest BCUT2D eigenvalue weighted by atomic mass is 32.2. The number of hydrogen-bond donors (Lipinski definition) is 1. The number of hydrogen-bond acceptors (Lipinski definition) is 5. The fourth-order valence-electron chi connectivity index (χ4n) is 3.61. The van der Waals surface area contributed by atoms with Gasteiger partial charge in [0, 0.05) is 7.05 Å². The quantitative estimate of drug-likeness (QED) is 0.543. The predicted octanol–water partition coefficient (Wildman–Crippen LogP) is 4.56. The molecule has 33 heavy (non-hydrogen) atoms. The molecule has 0 radical (unpaired) electrons. The van der Waals surface area contributed by atoms with Crippen LogP contribution in [0.3, 0.4) is 0 Å². The Bertz CT molecular complexity index is 1060. The van der Waals surface area contributed by atoms with E-state index in [4.69, 9.17) is 9.47 Å². The van der Waals surface area contributed by atoms with E-state index in [-0.39, 0.29) is 11.9 Å². The highest BCUT2D eigenvalue weighted by Gasteiger charge is 2.23. The highest BCUT2D eigenvalue weighted by Crippen LogP contribution is 2.32. The molecule has 0 saturated carbocycles. The summed E-state index contributed by atoms with van der Waals surface area (Å²) < 4.78 is 36.0. The number of carbonyl (C=O) groups excluding carboxylic acids is 1. The first-order valence-electron chi connectivity index (χ1n) is 11.1. The van der Waals surface area contributed by atoms with Crippen LogP contribution in [0, 0.1) is 6.92 Å². The second-order valence-electron chi connectivity index (χ2n) is 8.57. The van der Waals surface area contributed by atoms with E-state index >= 15 is 0 Å². The maximum Gasteiger partial charge on any atom is 0.261 e. The number of nitrogens with zero attached hydrogens (tertiary/aromatic N) is 1. The van der Waals surface area contributed by atoms with Crippen LogP contribution in [0.1, 0.15) is 62.8 Å². The summed E-state index contributed by atoms with van der Waals surface area (Å²) in [7, 11) is -0.192. The van der Waals surface area contributed by atoms with Crippen LogP contribution in [0.15, 0.2) is 36.4 Å². The lowest BCUT2D eigenvalue weighted by Gasteiger charge is -2.24. The summed E-state index contributed by atoms with van der Waals surface area (Å²) in [5.41, 5.74) is 3.70. The summed E-state index contributed by atoms with van der Waals surface area (Å²) in [5, 5.41) is 3.07. The number of anilines is 1. The molecule has 7 nitrogen and oxygen atoms in total. The first-order valence-corrected chi connectivity index (χ1v) is 12.9. The minimum atomic E-state index is -3.35. The van der Waals surface area contributed by atoms with E-state index in [1.807, 2.05) is 26.8 Å². The summed E-state index contributed by atoms with van der Waals surface area (Å²) in [6.07, 6.45) is 0.960. The fraction of sp³-hybridized carbons (Fsp3) is 0.480. The largest absolute Gasteiger partial charge is 0.496 e. The summed E-state index contributed by atoms with van der Waals surface area (Å²) in [6, 6.07) is 10.5. The average molecular weight is 477 g/mol. The monoisotopic (exact) mass is 476 g/mol. The number of methoxy groups -OCH3 is 1. The van der Waals surface area contributed by atoms with Gasteiger partial charge < -0.3 is 14.8 Å². The molecular formula is C25H36N2O5S. The van der Waals surface area contributed by atoms with Crippen molar-refractivity contribution in [3.8, 4) is 11.5 Å². The first-order chi connectivity index (χ1) is 15.4. The van der Waals surface area contributed by atoms with Crippen molar-refractivity contribution in [3.63, 3.8) is 0 Å². The summed E-state index contributed by atoms with van der Waals surface area (Å²) in [6.45, 7) is 10.1. The van der Waals surface area contributed by atoms with E-state index in [1.54, 1.807) is 31.4 Å². The van der Waals surface area contributed by atoms with Crippen LogP contribution in [0.25, 0.3) is 0 Å². The van der Waals surface area contributed by atoms with Gasteiger partial charge in [-0.15, -0.1) is 0 Å². The number of rotatable bonds is 10. The summed E-state index contributed by atoms with van der Waals surface area (Å²) in [5.74, 6) is 1.44. The van der Waals surface area contributed by atoms with Crippen molar-refractivity contribution in [2.45, 2.75) is 59.1 Å². The molecule has 0 saturated heterocycles. The number of aryl methyl sites for hydroxylation is 1. The SMILES string of the molecule is CC[C@@H](Oc1ccc(N(C)S(C)(=O)=O)cc1)C(=O)N[C@H](C)c1cc(C(C)C)c(OC)cc1C. The molecule has 0 heterocycles. The van der Waals surface area contributed by atoms with Gasteiger partial charge in [-0.25, -0.2) is 8.42 Å². The average Bonchev–Trinajstić information content (AvgIpc) is 2.75. The minimum Gasteiger partial charge on any atom is -0.496 e. The minimum absolute atomic E-state index is 0.204. The molecule has 2 rings (SSSR count). The number of ether oxygens (including phenoxy) is 2. The van der Waals surface area contributed by atoms with Crippen LogP contribution in [-0.4, -0.2) is 40.8 Å². The topological polar surface area (TPSA) is 84.9 Å². The molecular weight excluding hydrogens is 440 g/mol. The molecule has 0 bridgehead atoms. The third kappa shape index (κ3) is 6.63. The standard InChI is InChI=1S/C25H36N2O5S/c1-9-23(32-20-12-10-19(11-13-20)27(6)33(8,29)30)25(28)26-18(5)22-15-21(16(2)3)24(31-7)14-17(22)4/h10-16,18,23H,9H2,1-8H3,(H,26,28)/t18-,23-/m1/s1. The molecule has 1 N–H and O–H groups in total. The molecule has 0 spiro atoms. The molecule has 8 heteroatoms. The van der Waals surface area contributed by atoms with Gasteiger partial charge >= 0.3 is 0 Å². The van der Waals surface area contributed by atoms with Crippen LogP contribution in [0.5, 0.6) is 11.5 Å². The van der Waals surface area contributed by atoms with Crippen LogP contribution in [0.2, 0.25) is 0 Å². The third-order valence-corrected chi connectivity index (χ3v) is 6.91. The van der Waals surface area contributed by atoms with E-state index in [2.05, 4.69) is 25.2 Å². The highest BCUT2D eigenvalue weighted by molar-refractivity contribution is 7.92. The lowest BCUT2D eigenvalue weighted by Crippen LogP contribution is -2.39. The van der Waals surface area contributed by atoms with Crippen LogP contribution < -0.4 is 19.1 Å². The molecule has 0 aliphatic carbocycles. The zero-order chi connectivity index (χ0) is 24.9. The van der Waals surface area contributed by atoms with Crippen LogP contribution in [-0.2, 0) is 14.8 Å². The van der Waals surface area contributed by atoms with Gasteiger partial charge in [-0.2, -0.15) is 0 Å². The zero-order valence-electron chi connectivity index (χ0n) is 20.8. The van der Waals surface area contributed by atoms with Crippen LogP contribution >= 0.6 is 0 Å². The van der Waals surface area contributed by atoms with Crippen LogP contribution in [0.4, 0.5) is 5.69 Å². The number of sulfonamides is 1. The Morgan fingerprint density at radius 3 is 2.18 bits per heavy atom. The van der Waals surface area contributed by atoms with Gasteiger partial charge in [-0.3, -0.25) is 9.10 Å². The molecule has 182 valence electrons. The van der Waals surface area contributed by atoms with Gasteiger partial charge in [0.1, 0.15) is 11.5 Å². The van der Waals surface area contributed by atoms with Crippen molar-refractivity contribution in [1.82, 2.24) is 5.32 Å². The Morgan fingerprint density at radius 1 is 1.09 bits per heavy atom. The van der Waals surface area contributed by atoms with Gasteiger partial charge in [0.25, 0.3) is 5.91 Å². The maximum atomic E-state index is 13.0. The normalized spacial score (nSPS) is 13.4. The molecule has 0 fully saturated rings. The molecule has 0 aromatic heterocycles. The van der Waals surface area contributed by atoms with E-state index in [9.17, 15) is 13.2 Å². The van der Waals surface area contributed by atoms with Crippen molar-refractivity contribution >= 4 is 21.6 Å². The smallest absolute Gasteiger partial charge is 0.261 e. The second-order valence-corrected chi connectivity index (χ2v) is 10.6. The van der Waals surface area contributed by atoms with Gasteiger partial charge in [0.15, 0.2) is 6.10 Å². The second kappa shape index (κ2) is 10.9. The van der Waals surface area contributed by atoms with Crippen molar-refractivity contribution < 1.29 is 22.7 Å². The van der Waals surface area contributed by atoms with Gasteiger partial charge in [-0.1, -0.05) is 20.8 Å². The van der Waals surface area contributed by atoms with Crippen molar-refractivity contribution in [2.75, 3.05) is 24.7 Å². The third-order valence-electron chi connectivity index (χ3n) is 5.71. The Balaban J connectivity index is 2.14. The Labute approximate surface area is 198 Å². The van der Waals surface area contributed by atoms with Gasteiger partial charge in [-0.05, 0) is 79.3 Å². The van der Waals surface area contributed by atoms with E-state index in [0.29, 0.717) is 23.8 Å². The molecule has 0 aliphatic rings. The van der Waals surface area contributed by atoms with Gasteiger partial charge in [0.05, 0.1) is 25.1 Å². The fourth-order valence-corrected chi connectivity index (χ4v) is 4.11. The van der Waals surface area contributed by atoms with Crippen molar-refractivity contribution in [2.24, 2.45) is 0 Å². The Hall–Kier alpha value is -2.74. The van der Waals surface area contributed by atoms with E-state index < -0.39 is 16.1 Å². The predicted molar refractivity (Wildman–Crippen MR) is 133 cm³/mol. The molecule has 2 atom stereocenters. The molecule has 2 aromatic carbocycles. The summed E-state index contributed by atoms with van der Waals surface area (Å²) in [4.78, 5) is 13.0. The van der Waals surface area contributed by atoms with Gasteiger partial charge in [0.2, 0.25) is 10.0 Å². The number of amides is 1.